The Morgan fingerprint density at radius 2 is 1.96 bits per heavy atom. The number of rotatable bonds is 7. The normalized spacial score (nSPS) is 10.5. The van der Waals surface area contributed by atoms with Gasteiger partial charge in [-0.3, -0.25) is 0 Å². The Morgan fingerprint density at radius 1 is 1.09 bits per heavy atom. The molecule has 0 atom stereocenters. The van der Waals surface area contributed by atoms with Gasteiger partial charge in [0.05, 0.1) is 5.69 Å². The molecule has 2 heterocycles. The third kappa shape index (κ3) is 4.46. The minimum absolute atomic E-state index is 0.650. The van der Waals surface area contributed by atoms with Gasteiger partial charge in [0.25, 0.3) is 0 Å². The summed E-state index contributed by atoms with van der Waals surface area (Å²) >= 11 is 1.53. The molecule has 2 N–H and O–H groups in total. The van der Waals surface area contributed by atoms with E-state index < -0.39 is 0 Å². The van der Waals surface area contributed by atoms with Crippen LogP contribution in [0, 0.1) is 0 Å². The van der Waals surface area contributed by atoms with E-state index in [2.05, 4.69) is 37.7 Å². The van der Waals surface area contributed by atoms with E-state index in [0.717, 1.165) is 40.3 Å². The Balaban J connectivity index is 1.64. The van der Waals surface area contributed by atoms with Gasteiger partial charge in [0.15, 0.2) is 0 Å². The fourth-order valence-electron chi connectivity index (χ4n) is 2.02. The number of hydrogen-bond donors (Lipinski definition) is 2. The Bertz CT molecular complexity index is 743. The van der Waals surface area contributed by atoms with E-state index >= 15 is 0 Å². The lowest BCUT2D eigenvalue weighted by atomic mass is 10.3. The van der Waals surface area contributed by atoms with E-state index in [1.165, 1.54) is 11.3 Å². The molecule has 0 bridgehead atoms. The number of para-hydroxylation sites is 1. The van der Waals surface area contributed by atoms with Gasteiger partial charge in [0.1, 0.15) is 17.2 Å². The van der Waals surface area contributed by atoms with Gasteiger partial charge < -0.3 is 10.6 Å². The summed E-state index contributed by atoms with van der Waals surface area (Å²) in [6.07, 6.45) is 3.29. The zero-order valence-electron chi connectivity index (χ0n) is 12.9. The highest BCUT2D eigenvalue weighted by Gasteiger charge is 2.07. The van der Waals surface area contributed by atoms with Gasteiger partial charge in [-0.25, -0.2) is 9.97 Å². The summed E-state index contributed by atoms with van der Waals surface area (Å²) in [6.45, 7) is 3.03. The molecule has 0 saturated carbocycles. The first-order valence-corrected chi connectivity index (χ1v) is 8.34. The van der Waals surface area contributed by atoms with Crippen LogP contribution in [0.4, 0.5) is 16.6 Å². The second-order valence-corrected chi connectivity index (χ2v) is 6.05. The SMILES string of the molecule is CCCNc1cc(Cc2nnc(Nc3ccccc3)s2)ncn1. The van der Waals surface area contributed by atoms with Gasteiger partial charge >= 0.3 is 0 Å². The maximum Gasteiger partial charge on any atom is 0.210 e. The highest BCUT2D eigenvalue weighted by Crippen LogP contribution is 2.22. The van der Waals surface area contributed by atoms with Crippen LogP contribution < -0.4 is 10.6 Å². The lowest BCUT2D eigenvalue weighted by molar-refractivity contribution is 0.941. The van der Waals surface area contributed by atoms with E-state index in [4.69, 9.17) is 0 Å². The molecule has 0 aliphatic carbocycles. The van der Waals surface area contributed by atoms with E-state index in [1.54, 1.807) is 6.33 Å². The smallest absolute Gasteiger partial charge is 0.210 e. The Kier molecular flexibility index (Phi) is 5.10. The van der Waals surface area contributed by atoms with Gasteiger partial charge in [-0.05, 0) is 18.6 Å². The Morgan fingerprint density at radius 3 is 2.78 bits per heavy atom. The van der Waals surface area contributed by atoms with Crippen molar-refractivity contribution in [3.05, 3.63) is 53.4 Å². The van der Waals surface area contributed by atoms with E-state index in [-0.39, 0.29) is 0 Å². The molecule has 0 spiro atoms. The standard InChI is InChI=1S/C16H18N6S/c1-2-8-17-14-9-13(18-11-19-14)10-15-21-22-16(23-15)20-12-6-4-3-5-7-12/h3-7,9,11H,2,8,10H2,1H3,(H,20,22)(H,17,18,19). The third-order valence-electron chi connectivity index (χ3n) is 3.10. The van der Waals surface area contributed by atoms with Crippen molar-refractivity contribution >= 4 is 28.0 Å². The molecule has 1 aromatic carbocycles. The molecule has 7 heteroatoms. The summed E-state index contributed by atoms with van der Waals surface area (Å²) in [5.41, 5.74) is 1.93. The maximum absolute atomic E-state index is 4.30. The number of benzene rings is 1. The number of hydrogen-bond acceptors (Lipinski definition) is 7. The molecule has 0 aliphatic rings. The van der Waals surface area contributed by atoms with Crippen molar-refractivity contribution in [1.29, 1.82) is 0 Å². The first-order valence-electron chi connectivity index (χ1n) is 7.52. The van der Waals surface area contributed by atoms with Crippen molar-refractivity contribution in [1.82, 2.24) is 20.2 Å². The van der Waals surface area contributed by atoms with Crippen molar-refractivity contribution in [3.63, 3.8) is 0 Å². The summed E-state index contributed by atoms with van der Waals surface area (Å²) in [5, 5.41) is 16.6. The summed E-state index contributed by atoms with van der Waals surface area (Å²) < 4.78 is 0. The summed E-state index contributed by atoms with van der Waals surface area (Å²) in [6, 6.07) is 11.9. The molecule has 0 radical (unpaired) electrons. The quantitative estimate of drug-likeness (QED) is 0.692. The molecule has 6 nitrogen and oxygen atoms in total. The molecular formula is C16H18N6S. The van der Waals surface area contributed by atoms with Crippen molar-refractivity contribution in [2.75, 3.05) is 17.2 Å². The molecule has 0 aliphatic heterocycles. The first-order chi connectivity index (χ1) is 11.3. The van der Waals surface area contributed by atoms with E-state index in [9.17, 15) is 0 Å². The molecule has 3 rings (SSSR count). The van der Waals surface area contributed by atoms with Gasteiger partial charge in [0.2, 0.25) is 5.13 Å². The van der Waals surface area contributed by atoms with Gasteiger partial charge in [-0.15, -0.1) is 10.2 Å². The zero-order valence-corrected chi connectivity index (χ0v) is 13.7. The van der Waals surface area contributed by atoms with Crippen molar-refractivity contribution < 1.29 is 0 Å². The first kappa shape index (κ1) is 15.4. The number of aromatic nitrogens is 4. The summed E-state index contributed by atoms with van der Waals surface area (Å²) in [4.78, 5) is 8.52. The highest BCUT2D eigenvalue weighted by atomic mass is 32.1. The number of nitrogens with zero attached hydrogens (tertiary/aromatic N) is 4. The average Bonchev–Trinajstić information content (AvgIpc) is 3.01. The molecule has 118 valence electrons. The van der Waals surface area contributed by atoms with Crippen LogP contribution in [0.3, 0.4) is 0 Å². The topological polar surface area (TPSA) is 75.6 Å². The number of nitrogens with one attached hydrogen (secondary N) is 2. The van der Waals surface area contributed by atoms with Crippen LogP contribution in [0.2, 0.25) is 0 Å². The molecule has 23 heavy (non-hydrogen) atoms. The van der Waals surface area contributed by atoms with Gasteiger partial charge in [-0.1, -0.05) is 36.5 Å². The van der Waals surface area contributed by atoms with Crippen LogP contribution in [-0.4, -0.2) is 26.7 Å². The van der Waals surface area contributed by atoms with Crippen LogP contribution in [0.15, 0.2) is 42.7 Å². The Hall–Kier alpha value is -2.54. The predicted octanol–water partition coefficient (Wildman–Crippen LogP) is 3.48. The van der Waals surface area contributed by atoms with Crippen LogP contribution in [-0.2, 0) is 6.42 Å². The van der Waals surface area contributed by atoms with Gasteiger partial charge in [0, 0.05) is 24.7 Å². The second-order valence-electron chi connectivity index (χ2n) is 4.99. The lowest BCUT2D eigenvalue weighted by Crippen LogP contribution is -2.03. The van der Waals surface area contributed by atoms with Crippen molar-refractivity contribution in [3.8, 4) is 0 Å². The molecule has 0 saturated heterocycles. The summed E-state index contributed by atoms with van der Waals surface area (Å²) in [7, 11) is 0. The molecule has 0 unspecified atom stereocenters. The molecule has 0 fully saturated rings. The molecule has 0 amide bonds. The maximum atomic E-state index is 4.30. The van der Waals surface area contributed by atoms with Crippen molar-refractivity contribution in [2.45, 2.75) is 19.8 Å². The minimum atomic E-state index is 0.650. The third-order valence-corrected chi connectivity index (χ3v) is 3.94. The van der Waals surface area contributed by atoms with Crippen molar-refractivity contribution in [2.24, 2.45) is 0 Å². The fraction of sp³-hybridized carbons (Fsp3) is 0.250. The highest BCUT2D eigenvalue weighted by molar-refractivity contribution is 7.15. The second kappa shape index (κ2) is 7.64. The van der Waals surface area contributed by atoms with Crippen LogP contribution in [0.25, 0.3) is 0 Å². The van der Waals surface area contributed by atoms with Crippen LogP contribution in [0.1, 0.15) is 24.0 Å². The van der Waals surface area contributed by atoms with Gasteiger partial charge in [-0.2, -0.15) is 0 Å². The van der Waals surface area contributed by atoms with Crippen LogP contribution >= 0.6 is 11.3 Å². The van der Waals surface area contributed by atoms with E-state index in [0.29, 0.717) is 6.42 Å². The van der Waals surface area contributed by atoms with E-state index in [1.807, 2.05) is 36.4 Å². The lowest BCUT2D eigenvalue weighted by Gasteiger charge is -2.04. The molecule has 3 aromatic rings. The fourth-order valence-corrected chi connectivity index (χ4v) is 2.79. The zero-order chi connectivity index (χ0) is 15.9. The summed E-state index contributed by atoms with van der Waals surface area (Å²) in [5.74, 6) is 0.851. The Labute approximate surface area is 139 Å². The molecule has 2 aromatic heterocycles. The average molecular weight is 326 g/mol. The van der Waals surface area contributed by atoms with Crippen LogP contribution in [0.5, 0.6) is 0 Å². The predicted molar refractivity (Wildman–Crippen MR) is 93.3 cm³/mol. The molecular weight excluding hydrogens is 308 g/mol. The largest absolute Gasteiger partial charge is 0.370 e. The monoisotopic (exact) mass is 326 g/mol. The minimum Gasteiger partial charge on any atom is -0.370 e. The number of anilines is 3.